The molecular weight excluding hydrogens is 362 g/mol. The molecule has 6 heteroatoms. The number of rotatable bonds is 4. The van der Waals surface area contributed by atoms with E-state index in [1.807, 2.05) is 25.1 Å². The van der Waals surface area contributed by atoms with E-state index in [4.69, 9.17) is 13.9 Å². The summed E-state index contributed by atoms with van der Waals surface area (Å²) in [4.78, 5) is 12.1. The van der Waals surface area contributed by atoms with Crippen molar-refractivity contribution in [2.45, 2.75) is 13.5 Å². The second-order valence-electron chi connectivity index (χ2n) is 5.01. The number of carbonyl (C=O) groups excluding carboxylic acids is 1. The maximum atomic E-state index is 12.1. The van der Waals surface area contributed by atoms with Gasteiger partial charge in [-0.25, -0.2) is 0 Å². The number of amides is 1. The molecule has 118 valence electrons. The maximum Gasteiger partial charge on any atom is 0.291 e. The summed E-state index contributed by atoms with van der Waals surface area (Å²) in [7, 11) is 0. The predicted octanol–water partition coefficient (Wildman–Crippen LogP) is 4.36. The Bertz CT molecular complexity index is 850. The van der Waals surface area contributed by atoms with E-state index in [-0.39, 0.29) is 18.3 Å². The first-order valence-electron chi connectivity index (χ1n) is 6.94. The summed E-state index contributed by atoms with van der Waals surface area (Å²) in [5.74, 6) is 1.11. The number of hydrogen-bond acceptors (Lipinski definition) is 4. The average molecular weight is 376 g/mol. The van der Waals surface area contributed by atoms with E-state index in [1.165, 1.54) is 0 Å². The Morgan fingerprint density at radius 2 is 2.00 bits per heavy atom. The fourth-order valence-electron chi connectivity index (χ4n) is 2.25. The van der Waals surface area contributed by atoms with Crippen LogP contribution in [0.3, 0.4) is 0 Å². The molecule has 2 heterocycles. The van der Waals surface area contributed by atoms with Crippen LogP contribution in [0.25, 0.3) is 11.3 Å². The molecule has 0 unspecified atom stereocenters. The molecule has 3 aromatic rings. The molecule has 2 N–H and O–H groups in total. The number of benzene rings is 1. The van der Waals surface area contributed by atoms with Gasteiger partial charge in [0.05, 0.1) is 0 Å². The molecule has 0 atom stereocenters. The average Bonchev–Trinajstić information content (AvgIpc) is 3.16. The Morgan fingerprint density at radius 3 is 2.61 bits per heavy atom. The number of anilines is 1. The number of aryl methyl sites for hydroxylation is 1. The summed E-state index contributed by atoms with van der Waals surface area (Å²) in [5.41, 5.74) is 2.52. The first-order chi connectivity index (χ1) is 11.1. The summed E-state index contributed by atoms with van der Waals surface area (Å²) in [5, 5.41) is 11.9. The number of aliphatic hydroxyl groups excluding tert-OH is 1. The van der Waals surface area contributed by atoms with Gasteiger partial charge in [0.25, 0.3) is 5.91 Å². The number of hydrogen-bond donors (Lipinski definition) is 2. The van der Waals surface area contributed by atoms with Crippen LogP contribution in [0.4, 0.5) is 5.69 Å². The molecule has 0 aliphatic carbocycles. The van der Waals surface area contributed by atoms with Crippen molar-refractivity contribution in [3.05, 3.63) is 64.2 Å². The zero-order valence-corrected chi connectivity index (χ0v) is 13.9. The quantitative estimate of drug-likeness (QED) is 0.710. The Morgan fingerprint density at radius 1 is 1.17 bits per heavy atom. The van der Waals surface area contributed by atoms with Crippen molar-refractivity contribution in [1.82, 2.24) is 0 Å². The minimum absolute atomic E-state index is 0.133. The molecule has 0 bridgehead atoms. The lowest BCUT2D eigenvalue weighted by Crippen LogP contribution is -2.10. The van der Waals surface area contributed by atoms with Gasteiger partial charge in [-0.2, -0.15) is 0 Å². The zero-order chi connectivity index (χ0) is 16.4. The van der Waals surface area contributed by atoms with Crippen LogP contribution >= 0.6 is 15.9 Å². The second-order valence-corrected chi connectivity index (χ2v) is 5.79. The SMILES string of the molecule is Cc1cc(NC(=O)c2ccc(Br)o2)ccc1-c1ccc(CO)o1. The Hall–Kier alpha value is -2.31. The van der Waals surface area contributed by atoms with E-state index in [1.54, 1.807) is 24.3 Å². The number of furan rings is 2. The molecule has 0 aliphatic rings. The largest absolute Gasteiger partial charge is 0.459 e. The zero-order valence-electron chi connectivity index (χ0n) is 12.3. The number of carbonyl (C=O) groups is 1. The van der Waals surface area contributed by atoms with E-state index in [2.05, 4.69) is 21.2 Å². The van der Waals surface area contributed by atoms with Gasteiger partial charge in [0.1, 0.15) is 18.1 Å². The molecule has 0 radical (unpaired) electrons. The molecule has 0 aliphatic heterocycles. The molecular formula is C17H14BrNO4. The molecule has 2 aromatic heterocycles. The van der Waals surface area contributed by atoms with Crippen LogP contribution in [-0.4, -0.2) is 11.0 Å². The van der Waals surface area contributed by atoms with Gasteiger partial charge >= 0.3 is 0 Å². The van der Waals surface area contributed by atoms with E-state index < -0.39 is 0 Å². The highest BCUT2D eigenvalue weighted by molar-refractivity contribution is 9.10. The van der Waals surface area contributed by atoms with Crippen molar-refractivity contribution in [2.75, 3.05) is 5.32 Å². The van der Waals surface area contributed by atoms with Crippen LogP contribution in [0, 0.1) is 6.92 Å². The van der Waals surface area contributed by atoms with Crippen LogP contribution in [-0.2, 0) is 6.61 Å². The summed E-state index contributed by atoms with van der Waals surface area (Å²) in [6, 6.07) is 12.3. The first-order valence-corrected chi connectivity index (χ1v) is 7.73. The Kier molecular flexibility index (Phi) is 4.36. The molecule has 0 saturated heterocycles. The van der Waals surface area contributed by atoms with Gasteiger partial charge in [-0.05, 0) is 70.9 Å². The fourth-order valence-corrected chi connectivity index (χ4v) is 2.56. The molecule has 3 rings (SSSR count). The van der Waals surface area contributed by atoms with Crippen molar-refractivity contribution in [1.29, 1.82) is 0 Å². The normalized spacial score (nSPS) is 10.7. The smallest absolute Gasteiger partial charge is 0.291 e. The van der Waals surface area contributed by atoms with Crippen molar-refractivity contribution < 1.29 is 18.7 Å². The lowest BCUT2D eigenvalue weighted by molar-refractivity contribution is 0.0995. The minimum atomic E-state index is -0.316. The summed E-state index contributed by atoms with van der Waals surface area (Å²) >= 11 is 3.17. The van der Waals surface area contributed by atoms with Crippen LogP contribution in [0.5, 0.6) is 0 Å². The van der Waals surface area contributed by atoms with E-state index in [0.29, 0.717) is 21.9 Å². The van der Waals surface area contributed by atoms with E-state index in [9.17, 15) is 4.79 Å². The second kappa shape index (κ2) is 6.44. The molecule has 0 fully saturated rings. The molecule has 5 nitrogen and oxygen atoms in total. The molecule has 1 aromatic carbocycles. The van der Waals surface area contributed by atoms with Gasteiger partial charge in [0, 0.05) is 11.3 Å². The number of halogens is 1. The Labute approximate surface area is 141 Å². The third-order valence-electron chi connectivity index (χ3n) is 3.36. The Balaban J connectivity index is 1.80. The summed E-state index contributed by atoms with van der Waals surface area (Å²) in [6.45, 7) is 1.79. The predicted molar refractivity (Wildman–Crippen MR) is 89.2 cm³/mol. The van der Waals surface area contributed by atoms with Gasteiger partial charge in [-0.3, -0.25) is 4.79 Å². The molecule has 23 heavy (non-hydrogen) atoms. The molecule has 0 saturated carbocycles. The topological polar surface area (TPSA) is 75.6 Å². The third-order valence-corrected chi connectivity index (χ3v) is 3.79. The van der Waals surface area contributed by atoms with E-state index in [0.717, 1.165) is 11.1 Å². The fraction of sp³-hybridized carbons (Fsp3) is 0.118. The van der Waals surface area contributed by atoms with Gasteiger partial charge < -0.3 is 19.3 Å². The van der Waals surface area contributed by atoms with Crippen LogP contribution in [0.2, 0.25) is 0 Å². The summed E-state index contributed by atoms with van der Waals surface area (Å²) in [6.07, 6.45) is 0. The lowest BCUT2D eigenvalue weighted by Gasteiger charge is -2.08. The van der Waals surface area contributed by atoms with Gasteiger partial charge in [-0.15, -0.1) is 0 Å². The molecule has 1 amide bonds. The van der Waals surface area contributed by atoms with Gasteiger partial charge in [0.15, 0.2) is 10.4 Å². The highest BCUT2D eigenvalue weighted by atomic mass is 79.9. The van der Waals surface area contributed by atoms with Gasteiger partial charge in [0.2, 0.25) is 0 Å². The highest BCUT2D eigenvalue weighted by Crippen LogP contribution is 2.28. The van der Waals surface area contributed by atoms with E-state index >= 15 is 0 Å². The number of nitrogens with one attached hydrogen (secondary N) is 1. The van der Waals surface area contributed by atoms with Crippen LogP contribution in [0.1, 0.15) is 21.9 Å². The van der Waals surface area contributed by atoms with Gasteiger partial charge in [-0.1, -0.05) is 0 Å². The van der Waals surface area contributed by atoms with Crippen molar-refractivity contribution in [3.63, 3.8) is 0 Å². The highest BCUT2D eigenvalue weighted by Gasteiger charge is 2.12. The van der Waals surface area contributed by atoms with Crippen molar-refractivity contribution >= 4 is 27.5 Å². The third kappa shape index (κ3) is 3.38. The minimum Gasteiger partial charge on any atom is -0.459 e. The van der Waals surface area contributed by atoms with Crippen molar-refractivity contribution in [2.24, 2.45) is 0 Å². The lowest BCUT2D eigenvalue weighted by atomic mass is 10.1. The summed E-state index contributed by atoms with van der Waals surface area (Å²) < 4.78 is 11.3. The van der Waals surface area contributed by atoms with Crippen LogP contribution in [0.15, 0.2) is 56.0 Å². The van der Waals surface area contributed by atoms with Crippen LogP contribution < -0.4 is 5.32 Å². The first kappa shape index (κ1) is 15.6. The van der Waals surface area contributed by atoms with Crippen molar-refractivity contribution in [3.8, 4) is 11.3 Å². The maximum absolute atomic E-state index is 12.1. The molecule has 0 spiro atoms. The standard InChI is InChI=1S/C17H14BrNO4/c1-10-8-11(19-17(21)15-6-7-16(18)23-15)2-4-13(10)14-5-3-12(9-20)22-14/h2-8,20H,9H2,1H3,(H,19,21). The number of aliphatic hydroxyl groups is 1. The monoisotopic (exact) mass is 375 g/mol.